The van der Waals surface area contributed by atoms with Crippen molar-refractivity contribution < 1.29 is 22.4 Å². The maximum Gasteiger partial charge on any atom is 0.264 e. The van der Waals surface area contributed by atoms with Crippen LogP contribution in [0.15, 0.2) is 113 Å². The summed E-state index contributed by atoms with van der Waals surface area (Å²) in [5.41, 5.74) is 4.99. The smallest absolute Gasteiger partial charge is 0.264 e. The summed E-state index contributed by atoms with van der Waals surface area (Å²) in [6.07, 6.45) is 0. The molecule has 8 nitrogen and oxygen atoms in total. The third-order valence-corrected chi connectivity index (χ3v) is 7.71. The number of aryl methyl sites for hydroxylation is 1. The van der Waals surface area contributed by atoms with Crippen molar-refractivity contribution in [1.29, 1.82) is 0 Å². The molecule has 0 saturated heterocycles. The number of nitrogens with zero attached hydrogens (tertiary/aromatic N) is 2. The number of nitrogens with one attached hydrogen (secondary N) is 2. The summed E-state index contributed by atoms with van der Waals surface area (Å²) in [5, 5.41) is 6.91. The van der Waals surface area contributed by atoms with E-state index in [9.17, 15) is 22.4 Å². The van der Waals surface area contributed by atoms with Gasteiger partial charge in [0.2, 0.25) is 0 Å². The SMILES string of the molecule is CC(=NNC(=O)CN(c1ccccc1F)S(=O)(=O)c1ccc(C)cc1)c1cccc(NC(=O)c2ccccc2)c1. The molecule has 0 atom stereocenters. The molecular weight excluding hydrogens is 531 g/mol. The summed E-state index contributed by atoms with van der Waals surface area (Å²) >= 11 is 0. The Kier molecular flexibility index (Phi) is 8.70. The van der Waals surface area contributed by atoms with Gasteiger partial charge in [-0.3, -0.25) is 13.9 Å². The van der Waals surface area contributed by atoms with E-state index >= 15 is 0 Å². The standard InChI is InChI=1S/C30H27FN4O4S/c1-21-15-17-26(18-16-21)40(38,39)35(28-14-7-6-13-27(28)31)20-29(36)34-33-22(2)24-11-8-12-25(19-24)32-30(37)23-9-4-3-5-10-23/h3-19H,20H2,1-2H3,(H,32,37)(H,34,36). The number of halogens is 1. The summed E-state index contributed by atoms with van der Waals surface area (Å²) in [4.78, 5) is 25.3. The van der Waals surface area contributed by atoms with Crippen molar-refractivity contribution in [2.45, 2.75) is 18.7 Å². The highest BCUT2D eigenvalue weighted by Crippen LogP contribution is 2.26. The first kappa shape index (κ1) is 28.2. The van der Waals surface area contributed by atoms with E-state index in [4.69, 9.17) is 0 Å². The van der Waals surface area contributed by atoms with Crippen LogP contribution in [0.25, 0.3) is 0 Å². The minimum atomic E-state index is -4.28. The number of carbonyl (C=O) groups excluding carboxylic acids is 2. The van der Waals surface area contributed by atoms with Gasteiger partial charge < -0.3 is 5.32 Å². The van der Waals surface area contributed by atoms with Crippen LogP contribution in [0.4, 0.5) is 15.8 Å². The van der Waals surface area contributed by atoms with Crippen molar-refractivity contribution >= 4 is 38.9 Å². The molecule has 2 N–H and O–H groups in total. The van der Waals surface area contributed by atoms with E-state index in [1.807, 2.05) is 13.0 Å². The number of anilines is 2. The second-order valence-electron chi connectivity index (χ2n) is 8.91. The zero-order valence-electron chi connectivity index (χ0n) is 21.8. The van der Waals surface area contributed by atoms with Crippen LogP contribution in [0.2, 0.25) is 0 Å². The molecule has 0 radical (unpaired) electrons. The van der Waals surface area contributed by atoms with Crippen LogP contribution in [0.5, 0.6) is 0 Å². The molecule has 0 bridgehead atoms. The molecule has 0 aromatic heterocycles. The van der Waals surface area contributed by atoms with Crippen molar-refractivity contribution in [2.24, 2.45) is 5.10 Å². The molecule has 0 aliphatic carbocycles. The molecule has 204 valence electrons. The number of hydrogen-bond donors (Lipinski definition) is 2. The molecule has 4 aromatic carbocycles. The highest BCUT2D eigenvalue weighted by Gasteiger charge is 2.29. The first-order valence-corrected chi connectivity index (χ1v) is 13.7. The van der Waals surface area contributed by atoms with E-state index in [-0.39, 0.29) is 16.5 Å². The first-order chi connectivity index (χ1) is 19.1. The van der Waals surface area contributed by atoms with Gasteiger partial charge in [-0.1, -0.05) is 60.2 Å². The predicted molar refractivity (Wildman–Crippen MR) is 153 cm³/mol. The average molecular weight is 559 g/mol. The highest BCUT2D eigenvalue weighted by atomic mass is 32.2. The minimum absolute atomic E-state index is 0.0804. The lowest BCUT2D eigenvalue weighted by molar-refractivity contribution is -0.119. The molecule has 0 aliphatic rings. The fourth-order valence-corrected chi connectivity index (χ4v) is 5.21. The normalized spacial score (nSPS) is 11.5. The van der Waals surface area contributed by atoms with Crippen LogP contribution < -0.4 is 15.0 Å². The molecule has 0 aliphatic heterocycles. The van der Waals surface area contributed by atoms with Crippen LogP contribution in [-0.2, 0) is 14.8 Å². The molecule has 0 saturated carbocycles. The Labute approximate surface area is 232 Å². The van der Waals surface area contributed by atoms with Gasteiger partial charge in [0.15, 0.2) is 0 Å². The van der Waals surface area contributed by atoms with Gasteiger partial charge in [-0.25, -0.2) is 18.2 Å². The van der Waals surface area contributed by atoms with E-state index in [2.05, 4.69) is 15.8 Å². The van der Waals surface area contributed by atoms with E-state index in [1.165, 1.54) is 30.3 Å². The number of amides is 2. The van der Waals surface area contributed by atoms with Gasteiger partial charge in [0.1, 0.15) is 12.4 Å². The number of hydrogen-bond acceptors (Lipinski definition) is 5. The van der Waals surface area contributed by atoms with Gasteiger partial charge >= 0.3 is 0 Å². The third-order valence-electron chi connectivity index (χ3n) is 5.94. The molecule has 2 amide bonds. The lowest BCUT2D eigenvalue weighted by Crippen LogP contribution is -2.40. The third kappa shape index (κ3) is 6.78. The monoisotopic (exact) mass is 558 g/mol. The van der Waals surface area contributed by atoms with Crippen LogP contribution in [0.1, 0.15) is 28.4 Å². The number of benzene rings is 4. The summed E-state index contributed by atoms with van der Waals surface area (Å²) < 4.78 is 42.2. The second kappa shape index (κ2) is 12.4. The van der Waals surface area contributed by atoms with Crippen LogP contribution in [0, 0.1) is 12.7 Å². The summed E-state index contributed by atoms with van der Waals surface area (Å²) in [7, 11) is -4.28. The topological polar surface area (TPSA) is 108 Å². The molecule has 10 heteroatoms. The van der Waals surface area contributed by atoms with E-state index in [1.54, 1.807) is 67.6 Å². The van der Waals surface area contributed by atoms with Gasteiger partial charge in [-0.05, 0) is 67.9 Å². The molecule has 0 unspecified atom stereocenters. The molecular formula is C30H27FN4O4S. The summed E-state index contributed by atoms with van der Waals surface area (Å²) in [5.74, 6) is -1.84. The number of hydrazone groups is 1. The Morgan fingerprint density at radius 2 is 1.50 bits per heavy atom. The second-order valence-corrected chi connectivity index (χ2v) is 10.8. The summed E-state index contributed by atoms with van der Waals surface area (Å²) in [6.45, 7) is 2.75. The first-order valence-electron chi connectivity index (χ1n) is 12.3. The highest BCUT2D eigenvalue weighted by molar-refractivity contribution is 7.92. The number of rotatable bonds is 9. The molecule has 4 aromatic rings. The predicted octanol–water partition coefficient (Wildman–Crippen LogP) is 5.12. The molecule has 40 heavy (non-hydrogen) atoms. The van der Waals surface area contributed by atoms with Crippen molar-refractivity contribution in [2.75, 3.05) is 16.2 Å². The van der Waals surface area contributed by atoms with Gasteiger partial charge in [0.25, 0.3) is 21.8 Å². The fourth-order valence-electron chi connectivity index (χ4n) is 3.78. The van der Waals surface area contributed by atoms with Crippen LogP contribution in [0.3, 0.4) is 0 Å². The van der Waals surface area contributed by atoms with Gasteiger partial charge in [0, 0.05) is 11.3 Å². The Hall–Kier alpha value is -4.83. The fraction of sp³-hybridized carbons (Fsp3) is 0.100. The Morgan fingerprint density at radius 3 is 2.20 bits per heavy atom. The number of para-hydroxylation sites is 1. The van der Waals surface area contributed by atoms with Crippen molar-refractivity contribution in [1.82, 2.24) is 5.43 Å². The van der Waals surface area contributed by atoms with E-state index in [0.29, 0.717) is 26.8 Å². The van der Waals surface area contributed by atoms with Crippen LogP contribution in [-0.4, -0.2) is 32.5 Å². The maximum atomic E-state index is 14.7. The molecule has 0 fully saturated rings. The van der Waals surface area contributed by atoms with Crippen molar-refractivity contribution in [3.8, 4) is 0 Å². The van der Waals surface area contributed by atoms with E-state index < -0.39 is 28.3 Å². The van der Waals surface area contributed by atoms with Gasteiger partial charge in [-0.15, -0.1) is 0 Å². The zero-order chi connectivity index (χ0) is 28.7. The number of sulfonamides is 1. The number of carbonyl (C=O) groups is 2. The van der Waals surface area contributed by atoms with Crippen molar-refractivity contribution in [3.05, 3.63) is 126 Å². The zero-order valence-corrected chi connectivity index (χ0v) is 22.7. The molecule has 4 rings (SSSR count). The average Bonchev–Trinajstić information content (AvgIpc) is 2.96. The van der Waals surface area contributed by atoms with E-state index in [0.717, 1.165) is 11.6 Å². The van der Waals surface area contributed by atoms with Crippen molar-refractivity contribution in [3.63, 3.8) is 0 Å². The Balaban J connectivity index is 1.51. The molecule has 0 heterocycles. The lowest BCUT2D eigenvalue weighted by Gasteiger charge is -2.24. The largest absolute Gasteiger partial charge is 0.322 e. The maximum absolute atomic E-state index is 14.7. The molecule has 0 spiro atoms. The lowest BCUT2D eigenvalue weighted by atomic mass is 10.1. The quantitative estimate of drug-likeness (QED) is 0.220. The van der Waals surface area contributed by atoms with Crippen LogP contribution >= 0.6 is 0 Å². The minimum Gasteiger partial charge on any atom is -0.322 e. The Bertz CT molecular complexity index is 1660. The summed E-state index contributed by atoms with van der Waals surface area (Å²) in [6, 6.07) is 27.0. The van der Waals surface area contributed by atoms with Gasteiger partial charge in [0.05, 0.1) is 16.3 Å². The van der Waals surface area contributed by atoms with Gasteiger partial charge in [-0.2, -0.15) is 5.10 Å². The Morgan fingerprint density at radius 1 is 0.850 bits per heavy atom.